The zero-order chi connectivity index (χ0) is 17.8. The van der Waals surface area contributed by atoms with Crippen molar-refractivity contribution in [3.8, 4) is 5.75 Å². The second-order valence-corrected chi connectivity index (χ2v) is 5.44. The summed E-state index contributed by atoms with van der Waals surface area (Å²) in [6, 6.07) is 15.4. The first kappa shape index (κ1) is 16.4. The summed E-state index contributed by atoms with van der Waals surface area (Å²) in [5, 5.41) is 2.21. The molecule has 1 aliphatic heterocycles. The van der Waals surface area contributed by atoms with Crippen LogP contribution >= 0.6 is 0 Å². The van der Waals surface area contributed by atoms with Gasteiger partial charge < -0.3 is 4.74 Å². The van der Waals surface area contributed by atoms with Crippen LogP contribution in [0.1, 0.15) is 11.1 Å². The van der Waals surface area contributed by atoms with E-state index in [0.29, 0.717) is 11.3 Å². The maximum Gasteiger partial charge on any atom is 0.331 e. The molecule has 126 valence electrons. The lowest BCUT2D eigenvalue weighted by Gasteiger charge is -2.26. The van der Waals surface area contributed by atoms with Gasteiger partial charge in [0, 0.05) is 5.56 Å². The summed E-state index contributed by atoms with van der Waals surface area (Å²) in [7, 11) is 1.51. The topological polar surface area (TPSA) is 75.7 Å². The van der Waals surface area contributed by atoms with Crippen molar-refractivity contribution in [2.45, 2.75) is 6.54 Å². The number of barbiturate groups is 1. The third kappa shape index (κ3) is 3.42. The highest BCUT2D eigenvalue weighted by molar-refractivity contribution is 6.31. The molecule has 0 saturated carbocycles. The van der Waals surface area contributed by atoms with Crippen LogP contribution in [-0.4, -0.2) is 29.9 Å². The molecular formula is C19H16N2O4. The number of ether oxygens (including phenoxy) is 1. The van der Waals surface area contributed by atoms with Crippen molar-refractivity contribution < 1.29 is 19.1 Å². The van der Waals surface area contributed by atoms with Crippen LogP contribution in [0.4, 0.5) is 4.79 Å². The number of amides is 4. The zero-order valence-corrected chi connectivity index (χ0v) is 13.6. The Bertz CT molecular complexity index is 859. The maximum absolute atomic E-state index is 12.7. The lowest BCUT2D eigenvalue weighted by atomic mass is 10.1. The second-order valence-electron chi connectivity index (χ2n) is 5.44. The van der Waals surface area contributed by atoms with E-state index >= 15 is 0 Å². The Hall–Kier alpha value is -3.41. The molecule has 6 nitrogen and oxygen atoms in total. The predicted octanol–water partition coefficient (Wildman–Crippen LogP) is 2.36. The Morgan fingerprint density at radius 3 is 2.40 bits per heavy atom. The lowest BCUT2D eigenvalue weighted by Crippen LogP contribution is -2.53. The summed E-state index contributed by atoms with van der Waals surface area (Å²) < 4.78 is 5.23. The molecule has 1 saturated heterocycles. The van der Waals surface area contributed by atoms with Crippen LogP contribution in [-0.2, 0) is 16.1 Å². The Morgan fingerprint density at radius 1 is 1.00 bits per heavy atom. The quantitative estimate of drug-likeness (QED) is 0.687. The van der Waals surface area contributed by atoms with E-state index in [1.807, 2.05) is 18.2 Å². The van der Waals surface area contributed by atoms with Crippen molar-refractivity contribution in [2.24, 2.45) is 0 Å². The Labute approximate surface area is 144 Å². The fourth-order valence-corrected chi connectivity index (χ4v) is 2.54. The molecule has 0 radical (unpaired) electrons. The van der Waals surface area contributed by atoms with Crippen LogP contribution < -0.4 is 10.1 Å². The highest BCUT2D eigenvalue weighted by atomic mass is 16.5. The summed E-state index contributed by atoms with van der Waals surface area (Å²) in [5.41, 5.74) is 1.26. The number of nitrogens with one attached hydrogen (secondary N) is 1. The van der Waals surface area contributed by atoms with Gasteiger partial charge in [-0.15, -0.1) is 0 Å². The number of benzene rings is 2. The number of carbonyl (C=O) groups excluding carboxylic acids is 3. The summed E-state index contributed by atoms with van der Waals surface area (Å²) >= 11 is 0. The number of hydrogen-bond donors (Lipinski definition) is 1. The van der Waals surface area contributed by atoms with E-state index in [1.165, 1.54) is 13.2 Å². The SMILES string of the molecule is COc1ccccc1/C=C1/C(=O)NC(=O)N(Cc2ccccc2)C1=O. The number of hydrogen-bond acceptors (Lipinski definition) is 4. The molecule has 3 rings (SSSR count). The van der Waals surface area contributed by atoms with E-state index < -0.39 is 17.8 Å². The molecule has 1 aliphatic rings. The molecule has 1 heterocycles. The van der Waals surface area contributed by atoms with Crippen LogP contribution in [0.5, 0.6) is 5.75 Å². The highest BCUT2D eigenvalue weighted by Gasteiger charge is 2.35. The molecule has 4 amide bonds. The first-order chi connectivity index (χ1) is 12.1. The van der Waals surface area contributed by atoms with Gasteiger partial charge in [-0.3, -0.25) is 19.8 Å². The smallest absolute Gasteiger partial charge is 0.331 e. The first-order valence-corrected chi connectivity index (χ1v) is 7.66. The summed E-state index contributed by atoms with van der Waals surface area (Å²) in [5.74, 6) is -0.823. The van der Waals surface area contributed by atoms with Gasteiger partial charge in [0.05, 0.1) is 13.7 Å². The molecule has 2 aromatic carbocycles. The Balaban J connectivity index is 1.94. The standard InChI is InChI=1S/C19H16N2O4/c1-25-16-10-6-5-9-14(16)11-15-17(22)20-19(24)21(18(15)23)12-13-7-3-2-4-8-13/h2-11H,12H2,1H3,(H,20,22,24)/b15-11-. The molecule has 0 spiro atoms. The van der Waals surface area contributed by atoms with E-state index in [4.69, 9.17) is 4.74 Å². The lowest BCUT2D eigenvalue weighted by molar-refractivity contribution is -0.130. The van der Waals surface area contributed by atoms with Gasteiger partial charge in [0.25, 0.3) is 11.8 Å². The van der Waals surface area contributed by atoms with Crippen LogP contribution in [0.15, 0.2) is 60.2 Å². The molecule has 0 atom stereocenters. The number of para-hydroxylation sites is 1. The summed E-state index contributed by atoms with van der Waals surface area (Å²) in [6.07, 6.45) is 1.43. The van der Waals surface area contributed by atoms with Gasteiger partial charge in [0.2, 0.25) is 0 Å². The van der Waals surface area contributed by atoms with Crippen LogP contribution in [0.2, 0.25) is 0 Å². The van der Waals surface area contributed by atoms with E-state index in [-0.39, 0.29) is 12.1 Å². The van der Waals surface area contributed by atoms with E-state index in [0.717, 1.165) is 10.5 Å². The summed E-state index contributed by atoms with van der Waals surface area (Å²) in [4.78, 5) is 37.9. The maximum atomic E-state index is 12.7. The van der Waals surface area contributed by atoms with E-state index in [9.17, 15) is 14.4 Å². The summed E-state index contributed by atoms with van der Waals surface area (Å²) in [6.45, 7) is 0.0854. The number of imide groups is 2. The average molecular weight is 336 g/mol. The van der Waals surface area contributed by atoms with Crippen molar-refractivity contribution >= 4 is 23.9 Å². The third-order valence-electron chi connectivity index (χ3n) is 3.81. The van der Waals surface area contributed by atoms with Crippen LogP contribution in [0.3, 0.4) is 0 Å². The third-order valence-corrected chi connectivity index (χ3v) is 3.81. The van der Waals surface area contributed by atoms with Gasteiger partial charge in [-0.25, -0.2) is 4.79 Å². The molecule has 1 N–H and O–H groups in total. The molecule has 2 aromatic rings. The second kappa shape index (κ2) is 7.00. The van der Waals surface area contributed by atoms with E-state index in [1.54, 1.807) is 36.4 Å². The van der Waals surface area contributed by atoms with Crippen LogP contribution in [0.25, 0.3) is 6.08 Å². The first-order valence-electron chi connectivity index (χ1n) is 7.66. The Morgan fingerprint density at radius 2 is 1.68 bits per heavy atom. The number of nitrogens with zero attached hydrogens (tertiary/aromatic N) is 1. The molecule has 6 heteroatoms. The fraction of sp³-hybridized carbons (Fsp3) is 0.105. The minimum Gasteiger partial charge on any atom is -0.496 e. The number of rotatable bonds is 4. The van der Waals surface area contributed by atoms with Gasteiger partial charge >= 0.3 is 6.03 Å². The largest absolute Gasteiger partial charge is 0.496 e. The minimum absolute atomic E-state index is 0.0854. The minimum atomic E-state index is -0.726. The number of methoxy groups -OCH3 is 1. The number of carbonyl (C=O) groups is 3. The predicted molar refractivity (Wildman–Crippen MR) is 91.5 cm³/mol. The zero-order valence-electron chi connectivity index (χ0n) is 13.6. The monoisotopic (exact) mass is 336 g/mol. The van der Waals surface area contributed by atoms with E-state index in [2.05, 4.69) is 5.32 Å². The van der Waals surface area contributed by atoms with Crippen molar-refractivity contribution in [3.05, 3.63) is 71.3 Å². The van der Waals surface area contributed by atoms with Crippen molar-refractivity contribution in [3.63, 3.8) is 0 Å². The van der Waals surface area contributed by atoms with Gasteiger partial charge in [-0.2, -0.15) is 0 Å². The molecule has 0 aliphatic carbocycles. The van der Waals surface area contributed by atoms with Gasteiger partial charge in [-0.1, -0.05) is 48.5 Å². The van der Waals surface area contributed by atoms with Crippen molar-refractivity contribution in [1.29, 1.82) is 0 Å². The van der Waals surface area contributed by atoms with Gasteiger partial charge in [0.15, 0.2) is 0 Å². The average Bonchev–Trinajstić information content (AvgIpc) is 2.63. The normalized spacial score (nSPS) is 16.1. The molecular weight excluding hydrogens is 320 g/mol. The van der Waals surface area contributed by atoms with Gasteiger partial charge in [-0.05, 0) is 17.7 Å². The highest BCUT2D eigenvalue weighted by Crippen LogP contribution is 2.23. The molecule has 25 heavy (non-hydrogen) atoms. The van der Waals surface area contributed by atoms with Crippen molar-refractivity contribution in [2.75, 3.05) is 7.11 Å². The fourth-order valence-electron chi connectivity index (χ4n) is 2.54. The van der Waals surface area contributed by atoms with Crippen molar-refractivity contribution in [1.82, 2.24) is 10.2 Å². The van der Waals surface area contributed by atoms with Crippen LogP contribution in [0, 0.1) is 0 Å². The van der Waals surface area contributed by atoms with Gasteiger partial charge in [0.1, 0.15) is 11.3 Å². The molecule has 0 unspecified atom stereocenters. The molecule has 0 bridgehead atoms. The molecule has 1 fully saturated rings. The molecule has 0 aromatic heterocycles. The Kier molecular flexibility index (Phi) is 4.61. The number of urea groups is 1.